The minimum atomic E-state index is -0.286. The van der Waals surface area contributed by atoms with Crippen LogP contribution >= 0.6 is 27.3 Å². The molecule has 0 unspecified atom stereocenters. The number of benzene rings is 1. The molecular formula is C10H7BrFNOS. The van der Waals surface area contributed by atoms with Crippen LogP contribution in [0.2, 0.25) is 0 Å². The predicted octanol–water partition coefficient (Wildman–Crippen LogP) is 3.72. The molecule has 0 aliphatic rings. The second kappa shape index (κ2) is 4.28. The quantitative estimate of drug-likeness (QED) is 0.840. The Hall–Kier alpha value is -0.940. The fourth-order valence-electron chi connectivity index (χ4n) is 1.17. The Bertz CT molecular complexity index is 486. The molecule has 0 radical (unpaired) electrons. The van der Waals surface area contributed by atoms with Crippen molar-refractivity contribution in [3.63, 3.8) is 0 Å². The Morgan fingerprint density at radius 2 is 2.27 bits per heavy atom. The highest BCUT2D eigenvalue weighted by molar-refractivity contribution is 9.10. The molecule has 0 atom stereocenters. The van der Waals surface area contributed by atoms with Crippen LogP contribution in [-0.4, -0.2) is 12.1 Å². The SMILES string of the molecule is COc1nc(-c2cc(Br)ccc2F)cs1. The van der Waals surface area contributed by atoms with Gasteiger partial charge in [0.05, 0.1) is 12.8 Å². The molecule has 0 spiro atoms. The van der Waals surface area contributed by atoms with Crippen molar-refractivity contribution in [1.82, 2.24) is 4.98 Å². The number of rotatable bonds is 2. The van der Waals surface area contributed by atoms with E-state index >= 15 is 0 Å². The molecule has 5 heteroatoms. The smallest absolute Gasteiger partial charge is 0.273 e. The van der Waals surface area contributed by atoms with Crippen molar-refractivity contribution < 1.29 is 9.13 Å². The molecule has 2 aromatic rings. The van der Waals surface area contributed by atoms with Crippen LogP contribution in [0.5, 0.6) is 5.19 Å². The van der Waals surface area contributed by atoms with Gasteiger partial charge in [-0.05, 0) is 18.2 Å². The first-order valence-corrected chi connectivity index (χ1v) is 5.83. The Kier molecular flexibility index (Phi) is 3.02. The van der Waals surface area contributed by atoms with Gasteiger partial charge in [-0.25, -0.2) is 9.37 Å². The summed E-state index contributed by atoms with van der Waals surface area (Å²) >= 11 is 4.64. The summed E-state index contributed by atoms with van der Waals surface area (Å²) in [4.78, 5) is 4.14. The number of ether oxygens (including phenoxy) is 1. The summed E-state index contributed by atoms with van der Waals surface area (Å²) in [5.74, 6) is -0.286. The number of halogens is 2. The molecule has 0 amide bonds. The molecule has 0 saturated heterocycles. The third-order valence-electron chi connectivity index (χ3n) is 1.86. The van der Waals surface area contributed by atoms with Crippen molar-refractivity contribution in [2.24, 2.45) is 0 Å². The Labute approximate surface area is 98.9 Å². The largest absolute Gasteiger partial charge is 0.473 e. The van der Waals surface area contributed by atoms with Crippen molar-refractivity contribution in [3.05, 3.63) is 33.9 Å². The van der Waals surface area contributed by atoms with Crippen LogP contribution in [0.15, 0.2) is 28.1 Å². The first-order valence-electron chi connectivity index (χ1n) is 4.15. The second-order valence-electron chi connectivity index (χ2n) is 2.83. The summed E-state index contributed by atoms with van der Waals surface area (Å²) in [6.45, 7) is 0. The lowest BCUT2D eigenvalue weighted by Crippen LogP contribution is -1.85. The van der Waals surface area contributed by atoms with E-state index in [0.717, 1.165) is 4.47 Å². The van der Waals surface area contributed by atoms with Crippen molar-refractivity contribution >= 4 is 27.3 Å². The fourth-order valence-corrected chi connectivity index (χ4v) is 2.17. The number of methoxy groups -OCH3 is 1. The van der Waals surface area contributed by atoms with Gasteiger partial charge >= 0.3 is 0 Å². The molecule has 78 valence electrons. The van der Waals surface area contributed by atoms with Crippen LogP contribution in [0, 0.1) is 5.82 Å². The van der Waals surface area contributed by atoms with Crippen LogP contribution in [0.3, 0.4) is 0 Å². The van der Waals surface area contributed by atoms with E-state index in [2.05, 4.69) is 20.9 Å². The molecule has 0 aliphatic heterocycles. The third-order valence-corrected chi connectivity index (χ3v) is 3.16. The maximum atomic E-state index is 13.5. The highest BCUT2D eigenvalue weighted by Gasteiger charge is 2.09. The standard InChI is InChI=1S/C10H7BrFNOS/c1-14-10-13-9(5-15-10)7-4-6(11)2-3-8(7)12/h2-5H,1H3. The molecule has 0 aliphatic carbocycles. The number of hydrogen-bond acceptors (Lipinski definition) is 3. The van der Waals surface area contributed by atoms with E-state index in [4.69, 9.17) is 4.74 Å². The van der Waals surface area contributed by atoms with Crippen LogP contribution in [0.1, 0.15) is 0 Å². The highest BCUT2D eigenvalue weighted by atomic mass is 79.9. The van der Waals surface area contributed by atoms with Crippen molar-refractivity contribution in [2.75, 3.05) is 7.11 Å². The van der Waals surface area contributed by atoms with Crippen molar-refractivity contribution in [3.8, 4) is 16.5 Å². The van der Waals surface area contributed by atoms with Gasteiger partial charge in [0.15, 0.2) is 0 Å². The molecule has 0 bridgehead atoms. The lowest BCUT2D eigenvalue weighted by atomic mass is 10.2. The minimum absolute atomic E-state index is 0.286. The number of nitrogens with zero attached hydrogens (tertiary/aromatic N) is 1. The van der Waals surface area contributed by atoms with Gasteiger partial charge in [0, 0.05) is 15.4 Å². The Morgan fingerprint density at radius 3 is 2.93 bits per heavy atom. The molecule has 1 heterocycles. The summed E-state index contributed by atoms with van der Waals surface area (Å²) in [6.07, 6.45) is 0. The van der Waals surface area contributed by atoms with Gasteiger partial charge in [-0.2, -0.15) is 0 Å². The molecule has 1 aromatic carbocycles. The van der Waals surface area contributed by atoms with Gasteiger partial charge in [-0.3, -0.25) is 0 Å². The maximum absolute atomic E-state index is 13.5. The summed E-state index contributed by atoms with van der Waals surface area (Å²) in [6, 6.07) is 4.76. The van der Waals surface area contributed by atoms with E-state index in [0.29, 0.717) is 16.5 Å². The lowest BCUT2D eigenvalue weighted by Gasteiger charge is -1.99. The Balaban J connectivity index is 2.48. The van der Waals surface area contributed by atoms with E-state index in [1.54, 1.807) is 24.6 Å². The van der Waals surface area contributed by atoms with Gasteiger partial charge in [-0.1, -0.05) is 27.3 Å². The van der Waals surface area contributed by atoms with E-state index in [1.165, 1.54) is 17.4 Å². The molecule has 2 rings (SSSR count). The van der Waals surface area contributed by atoms with E-state index < -0.39 is 0 Å². The molecule has 15 heavy (non-hydrogen) atoms. The van der Waals surface area contributed by atoms with Crippen molar-refractivity contribution in [1.29, 1.82) is 0 Å². The zero-order valence-electron chi connectivity index (χ0n) is 7.83. The average Bonchev–Trinajstić information content (AvgIpc) is 2.70. The minimum Gasteiger partial charge on any atom is -0.473 e. The van der Waals surface area contributed by atoms with Crippen LogP contribution < -0.4 is 4.74 Å². The average molecular weight is 288 g/mol. The zero-order valence-corrected chi connectivity index (χ0v) is 10.2. The molecule has 0 N–H and O–H groups in total. The van der Waals surface area contributed by atoms with Crippen LogP contribution in [0.25, 0.3) is 11.3 Å². The lowest BCUT2D eigenvalue weighted by molar-refractivity contribution is 0.412. The normalized spacial score (nSPS) is 10.3. The highest BCUT2D eigenvalue weighted by Crippen LogP contribution is 2.29. The van der Waals surface area contributed by atoms with Crippen molar-refractivity contribution in [2.45, 2.75) is 0 Å². The summed E-state index contributed by atoms with van der Waals surface area (Å²) in [5.41, 5.74) is 1.07. The molecule has 0 fully saturated rings. The molecule has 2 nitrogen and oxygen atoms in total. The third kappa shape index (κ3) is 2.18. The number of thiazole rings is 1. The van der Waals surface area contributed by atoms with Gasteiger partial charge in [0.1, 0.15) is 5.82 Å². The topological polar surface area (TPSA) is 22.1 Å². The Morgan fingerprint density at radius 1 is 1.47 bits per heavy atom. The predicted molar refractivity (Wildman–Crippen MR) is 61.8 cm³/mol. The summed E-state index contributed by atoms with van der Waals surface area (Å²) in [7, 11) is 1.54. The number of aromatic nitrogens is 1. The summed E-state index contributed by atoms with van der Waals surface area (Å²) < 4.78 is 19.3. The number of hydrogen-bond donors (Lipinski definition) is 0. The van der Waals surface area contributed by atoms with Crippen LogP contribution in [0.4, 0.5) is 4.39 Å². The maximum Gasteiger partial charge on any atom is 0.273 e. The van der Waals surface area contributed by atoms with E-state index in [9.17, 15) is 4.39 Å². The molecular weight excluding hydrogens is 281 g/mol. The van der Waals surface area contributed by atoms with Gasteiger partial charge in [0.25, 0.3) is 5.19 Å². The zero-order chi connectivity index (χ0) is 10.8. The molecule has 0 saturated carbocycles. The fraction of sp³-hybridized carbons (Fsp3) is 0.100. The van der Waals surface area contributed by atoms with Crippen LogP contribution in [-0.2, 0) is 0 Å². The second-order valence-corrected chi connectivity index (χ2v) is 4.56. The van der Waals surface area contributed by atoms with Gasteiger partial charge < -0.3 is 4.74 Å². The summed E-state index contributed by atoms with van der Waals surface area (Å²) in [5, 5.41) is 2.30. The van der Waals surface area contributed by atoms with E-state index in [1.807, 2.05) is 0 Å². The first kappa shape index (κ1) is 10.6. The monoisotopic (exact) mass is 287 g/mol. The molecule has 1 aromatic heterocycles. The van der Waals surface area contributed by atoms with Gasteiger partial charge in [0.2, 0.25) is 0 Å². The van der Waals surface area contributed by atoms with E-state index in [-0.39, 0.29) is 5.82 Å². The first-order chi connectivity index (χ1) is 7.20. The van der Waals surface area contributed by atoms with Gasteiger partial charge in [-0.15, -0.1) is 0 Å².